The number of nitrogens with zero attached hydrogens (tertiary/aromatic N) is 3. The molecule has 6 nitrogen and oxygen atoms in total. The van der Waals surface area contributed by atoms with Gasteiger partial charge in [-0.25, -0.2) is 0 Å². The van der Waals surface area contributed by atoms with Crippen molar-refractivity contribution < 1.29 is 14.3 Å². The topological polar surface area (TPSA) is 56.6 Å². The second-order valence-electron chi connectivity index (χ2n) is 5.56. The summed E-state index contributed by atoms with van der Waals surface area (Å²) in [6.45, 7) is 1.97. The molecule has 6 heteroatoms. The van der Waals surface area contributed by atoms with Gasteiger partial charge in [-0.05, 0) is 35.7 Å². The van der Waals surface area contributed by atoms with Crippen molar-refractivity contribution in [1.29, 1.82) is 0 Å². The molecule has 0 saturated heterocycles. The number of methoxy groups -OCH3 is 2. The number of carbonyl (C=O) groups is 1. The monoisotopic (exact) mass is 315 g/mol. The molecule has 1 amide bonds. The van der Waals surface area contributed by atoms with Gasteiger partial charge in [-0.1, -0.05) is 0 Å². The number of benzene rings is 1. The number of aromatic nitrogens is 2. The Morgan fingerprint density at radius 1 is 1.22 bits per heavy atom. The van der Waals surface area contributed by atoms with Gasteiger partial charge in [0.25, 0.3) is 0 Å². The van der Waals surface area contributed by atoms with Gasteiger partial charge in [0.05, 0.1) is 14.2 Å². The molecule has 1 aliphatic rings. The molecule has 0 N–H and O–H groups in total. The van der Waals surface area contributed by atoms with Crippen LogP contribution in [0.5, 0.6) is 11.5 Å². The Morgan fingerprint density at radius 3 is 2.61 bits per heavy atom. The fourth-order valence-electron chi connectivity index (χ4n) is 2.90. The SMILES string of the molecule is COc1cc2c(cc1OC)CN(C(=O)CCn1cccn1)CC2. The van der Waals surface area contributed by atoms with E-state index >= 15 is 0 Å². The Labute approximate surface area is 135 Å². The van der Waals surface area contributed by atoms with E-state index in [1.165, 1.54) is 5.56 Å². The highest BCUT2D eigenvalue weighted by Crippen LogP contribution is 2.33. The summed E-state index contributed by atoms with van der Waals surface area (Å²) in [4.78, 5) is 14.3. The van der Waals surface area contributed by atoms with Gasteiger partial charge in [0.2, 0.25) is 5.91 Å². The third-order valence-corrected chi connectivity index (χ3v) is 4.18. The second-order valence-corrected chi connectivity index (χ2v) is 5.56. The van der Waals surface area contributed by atoms with Crippen molar-refractivity contribution in [3.8, 4) is 11.5 Å². The molecule has 0 unspecified atom stereocenters. The minimum absolute atomic E-state index is 0.154. The van der Waals surface area contributed by atoms with E-state index in [0.717, 1.165) is 24.3 Å². The molecule has 1 aromatic heterocycles. The van der Waals surface area contributed by atoms with E-state index in [2.05, 4.69) is 5.10 Å². The van der Waals surface area contributed by atoms with Gasteiger partial charge in [-0.3, -0.25) is 9.48 Å². The van der Waals surface area contributed by atoms with E-state index < -0.39 is 0 Å². The molecule has 0 atom stereocenters. The molecular formula is C17H21N3O3. The normalized spacial score (nSPS) is 13.6. The Morgan fingerprint density at radius 2 is 1.96 bits per heavy atom. The summed E-state index contributed by atoms with van der Waals surface area (Å²) in [5, 5.41) is 4.13. The fraction of sp³-hybridized carbons (Fsp3) is 0.412. The van der Waals surface area contributed by atoms with E-state index in [0.29, 0.717) is 25.3 Å². The van der Waals surface area contributed by atoms with Crippen LogP contribution in [0.3, 0.4) is 0 Å². The molecule has 2 heterocycles. The van der Waals surface area contributed by atoms with Crippen LogP contribution in [0, 0.1) is 0 Å². The zero-order chi connectivity index (χ0) is 16.2. The van der Waals surface area contributed by atoms with E-state index in [1.807, 2.05) is 29.3 Å². The van der Waals surface area contributed by atoms with Crippen molar-refractivity contribution in [2.75, 3.05) is 20.8 Å². The lowest BCUT2D eigenvalue weighted by Gasteiger charge is -2.29. The third-order valence-electron chi connectivity index (χ3n) is 4.18. The lowest BCUT2D eigenvalue weighted by atomic mass is 9.98. The van der Waals surface area contributed by atoms with Gasteiger partial charge in [-0.15, -0.1) is 0 Å². The minimum Gasteiger partial charge on any atom is -0.493 e. The fourth-order valence-corrected chi connectivity index (χ4v) is 2.90. The van der Waals surface area contributed by atoms with E-state index in [1.54, 1.807) is 25.1 Å². The van der Waals surface area contributed by atoms with Gasteiger partial charge < -0.3 is 14.4 Å². The molecule has 0 bridgehead atoms. The summed E-state index contributed by atoms with van der Waals surface area (Å²) < 4.78 is 12.5. The summed E-state index contributed by atoms with van der Waals surface area (Å²) in [6, 6.07) is 5.85. The van der Waals surface area contributed by atoms with Crippen molar-refractivity contribution >= 4 is 5.91 Å². The van der Waals surface area contributed by atoms with Crippen LogP contribution in [0.4, 0.5) is 0 Å². The van der Waals surface area contributed by atoms with E-state index in [4.69, 9.17) is 9.47 Å². The van der Waals surface area contributed by atoms with Crippen molar-refractivity contribution in [1.82, 2.24) is 14.7 Å². The van der Waals surface area contributed by atoms with E-state index in [-0.39, 0.29) is 5.91 Å². The van der Waals surface area contributed by atoms with Gasteiger partial charge in [0.1, 0.15) is 0 Å². The molecule has 23 heavy (non-hydrogen) atoms. The van der Waals surface area contributed by atoms with Gasteiger partial charge in [0.15, 0.2) is 11.5 Å². The second kappa shape index (κ2) is 6.73. The molecule has 0 saturated carbocycles. The first-order valence-corrected chi connectivity index (χ1v) is 7.70. The van der Waals surface area contributed by atoms with Crippen LogP contribution >= 0.6 is 0 Å². The first kappa shape index (κ1) is 15.4. The quantitative estimate of drug-likeness (QED) is 0.845. The third kappa shape index (κ3) is 3.31. The van der Waals surface area contributed by atoms with Crippen molar-refractivity contribution in [2.24, 2.45) is 0 Å². The number of ether oxygens (including phenoxy) is 2. The Hall–Kier alpha value is -2.50. The molecule has 1 aliphatic heterocycles. The largest absolute Gasteiger partial charge is 0.493 e. The van der Waals surface area contributed by atoms with Crippen LogP contribution in [-0.2, 0) is 24.3 Å². The predicted molar refractivity (Wildman–Crippen MR) is 85.5 cm³/mol. The summed E-state index contributed by atoms with van der Waals surface area (Å²) in [6.07, 6.45) is 4.89. The van der Waals surface area contributed by atoms with Gasteiger partial charge >= 0.3 is 0 Å². The standard InChI is InChI=1S/C17H21N3O3/c1-22-15-10-13-4-8-19(12-14(13)11-16(15)23-2)17(21)5-9-20-7-3-6-18-20/h3,6-7,10-11H,4-5,8-9,12H2,1-2H3. The highest BCUT2D eigenvalue weighted by Gasteiger charge is 2.22. The summed E-state index contributed by atoms with van der Waals surface area (Å²) in [5.41, 5.74) is 2.35. The molecule has 122 valence electrons. The van der Waals surface area contributed by atoms with Crippen LogP contribution in [0.1, 0.15) is 17.5 Å². The first-order valence-electron chi connectivity index (χ1n) is 7.70. The molecule has 0 spiro atoms. The highest BCUT2D eigenvalue weighted by atomic mass is 16.5. The van der Waals surface area contributed by atoms with Crippen LogP contribution in [0.25, 0.3) is 0 Å². The van der Waals surface area contributed by atoms with Crippen LogP contribution in [0.15, 0.2) is 30.6 Å². The van der Waals surface area contributed by atoms with Gasteiger partial charge in [0, 0.05) is 38.4 Å². The molecule has 0 radical (unpaired) electrons. The Kier molecular flexibility index (Phi) is 4.50. The predicted octanol–water partition coefficient (Wildman–Crippen LogP) is 1.88. The number of rotatable bonds is 5. The molecule has 1 aromatic carbocycles. The average Bonchev–Trinajstić information content (AvgIpc) is 3.11. The number of fused-ring (bicyclic) bond motifs is 1. The van der Waals surface area contributed by atoms with Crippen molar-refractivity contribution in [3.05, 3.63) is 41.7 Å². The molecule has 2 aromatic rings. The van der Waals surface area contributed by atoms with Crippen LogP contribution < -0.4 is 9.47 Å². The lowest BCUT2D eigenvalue weighted by molar-refractivity contribution is -0.132. The summed E-state index contributed by atoms with van der Waals surface area (Å²) in [7, 11) is 3.26. The summed E-state index contributed by atoms with van der Waals surface area (Å²) >= 11 is 0. The maximum atomic E-state index is 12.4. The van der Waals surface area contributed by atoms with Crippen LogP contribution in [-0.4, -0.2) is 41.4 Å². The summed E-state index contributed by atoms with van der Waals surface area (Å²) in [5.74, 6) is 1.60. The van der Waals surface area contributed by atoms with Gasteiger partial charge in [-0.2, -0.15) is 5.10 Å². The van der Waals surface area contributed by atoms with Crippen molar-refractivity contribution in [2.45, 2.75) is 25.9 Å². The number of amides is 1. The number of aryl methyl sites for hydroxylation is 1. The lowest BCUT2D eigenvalue weighted by Crippen LogP contribution is -2.36. The maximum absolute atomic E-state index is 12.4. The first-order chi connectivity index (χ1) is 11.2. The number of hydrogen-bond acceptors (Lipinski definition) is 4. The van der Waals surface area contributed by atoms with E-state index in [9.17, 15) is 4.79 Å². The average molecular weight is 315 g/mol. The number of hydrogen-bond donors (Lipinski definition) is 0. The zero-order valence-corrected chi connectivity index (χ0v) is 13.5. The zero-order valence-electron chi connectivity index (χ0n) is 13.5. The highest BCUT2D eigenvalue weighted by molar-refractivity contribution is 5.76. The smallest absolute Gasteiger partial charge is 0.224 e. The molecular weight excluding hydrogens is 294 g/mol. The molecule has 3 rings (SSSR count). The van der Waals surface area contributed by atoms with Crippen LogP contribution in [0.2, 0.25) is 0 Å². The minimum atomic E-state index is 0.154. The molecule has 0 fully saturated rings. The van der Waals surface area contributed by atoms with Crippen molar-refractivity contribution in [3.63, 3.8) is 0 Å². The number of carbonyl (C=O) groups excluding carboxylic acids is 1. The molecule has 0 aliphatic carbocycles. The Balaban J connectivity index is 1.68. The maximum Gasteiger partial charge on any atom is 0.224 e. The Bertz CT molecular complexity index is 683.